The predicted molar refractivity (Wildman–Crippen MR) is 78.9 cm³/mol. The zero-order valence-corrected chi connectivity index (χ0v) is 12.8. The Balaban J connectivity index is 1.91. The van der Waals surface area contributed by atoms with E-state index in [9.17, 15) is 0 Å². The number of fused-ring (bicyclic) bond motifs is 1. The highest BCUT2D eigenvalue weighted by atomic mass is 79.9. The summed E-state index contributed by atoms with van der Waals surface area (Å²) in [5.41, 5.74) is 2.54. The monoisotopic (exact) mass is 328 g/mol. The second-order valence-electron chi connectivity index (χ2n) is 5.38. The third-order valence-corrected chi connectivity index (χ3v) is 5.60. The van der Waals surface area contributed by atoms with Gasteiger partial charge in [-0.05, 0) is 36.5 Å². The molecular formula is C15H18BrClO. The van der Waals surface area contributed by atoms with Gasteiger partial charge in [-0.25, -0.2) is 0 Å². The van der Waals surface area contributed by atoms with Crippen LogP contribution in [-0.4, -0.2) is 6.61 Å². The second kappa shape index (κ2) is 5.42. The predicted octanol–water partition coefficient (Wildman–Crippen LogP) is 5.29. The van der Waals surface area contributed by atoms with Crippen molar-refractivity contribution in [2.45, 2.75) is 43.4 Å². The third kappa shape index (κ3) is 2.42. The van der Waals surface area contributed by atoms with Gasteiger partial charge in [0.1, 0.15) is 5.75 Å². The van der Waals surface area contributed by atoms with Crippen LogP contribution in [0.15, 0.2) is 12.1 Å². The van der Waals surface area contributed by atoms with Crippen molar-refractivity contribution >= 4 is 27.5 Å². The molecule has 1 aliphatic heterocycles. The van der Waals surface area contributed by atoms with E-state index in [0.29, 0.717) is 4.83 Å². The highest BCUT2D eigenvalue weighted by Crippen LogP contribution is 2.46. The van der Waals surface area contributed by atoms with E-state index in [2.05, 4.69) is 22.0 Å². The van der Waals surface area contributed by atoms with Crippen molar-refractivity contribution in [3.63, 3.8) is 0 Å². The summed E-state index contributed by atoms with van der Waals surface area (Å²) in [7, 11) is 0. The molecule has 1 atom stereocenters. The Morgan fingerprint density at radius 2 is 2.00 bits per heavy atom. The molecule has 1 heterocycles. The van der Waals surface area contributed by atoms with Gasteiger partial charge in [0.05, 0.1) is 6.61 Å². The fourth-order valence-corrected chi connectivity index (χ4v) is 4.30. The number of halogens is 2. The summed E-state index contributed by atoms with van der Waals surface area (Å²) in [5.74, 6) is 1.82. The van der Waals surface area contributed by atoms with Gasteiger partial charge < -0.3 is 4.74 Å². The molecule has 0 N–H and O–H groups in total. The fraction of sp³-hybridized carbons (Fsp3) is 0.600. The van der Waals surface area contributed by atoms with Crippen molar-refractivity contribution in [1.82, 2.24) is 0 Å². The molecule has 1 nitrogen and oxygen atoms in total. The number of ether oxygens (including phenoxy) is 1. The molecule has 1 saturated carbocycles. The maximum Gasteiger partial charge on any atom is 0.127 e. The van der Waals surface area contributed by atoms with Gasteiger partial charge >= 0.3 is 0 Å². The Morgan fingerprint density at radius 1 is 1.22 bits per heavy atom. The maximum atomic E-state index is 6.24. The van der Waals surface area contributed by atoms with Crippen LogP contribution in [0.4, 0.5) is 0 Å². The zero-order chi connectivity index (χ0) is 12.5. The third-order valence-electron chi connectivity index (χ3n) is 4.14. The number of rotatable bonds is 2. The van der Waals surface area contributed by atoms with Crippen LogP contribution in [0, 0.1) is 5.92 Å². The number of alkyl halides is 1. The minimum Gasteiger partial charge on any atom is -0.493 e. The standard InChI is InChI=1S/C15H18BrClO/c16-14(10-4-2-1-3-5-10)13-9-12(17)8-11-6-7-18-15(11)13/h8-10,14H,1-7H2. The molecule has 1 aliphatic carbocycles. The molecule has 18 heavy (non-hydrogen) atoms. The molecule has 0 spiro atoms. The van der Waals surface area contributed by atoms with E-state index in [4.69, 9.17) is 16.3 Å². The maximum absolute atomic E-state index is 6.24. The van der Waals surface area contributed by atoms with Gasteiger partial charge in [-0.15, -0.1) is 0 Å². The lowest BCUT2D eigenvalue weighted by molar-refractivity contribution is 0.333. The molecule has 1 aromatic carbocycles. The van der Waals surface area contributed by atoms with E-state index >= 15 is 0 Å². The molecular weight excluding hydrogens is 312 g/mol. The van der Waals surface area contributed by atoms with Gasteiger partial charge in [-0.2, -0.15) is 0 Å². The summed E-state index contributed by atoms with van der Waals surface area (Å²) < 4.78 is 5.81. The normalized spacial score (nSPS) is 21.4. The summed E-state index contributed by atoms with van der Waals surface area (Å²) >= 11 is 10.1. The van der Waals surface area contributed by atoms with Crippen LogP contribution >= 0.6 is 27.5 Å². The summed E-state index contributed by atoms with van der Waals surface area (Å²) in [4.78, 5) is 0.392. The van der Waals surface area contributed by atoms with E-state index in [1.54, 1.807) is 0 Å². The van der Waals surface area contributed by atoms with Crippen LogP contribution < -0.4 is 4.74 Å². The van der Waals surface area contributed by atoms with Crippen LogP contribution in [0.3, 0.4) is 0 Å². The van der Waals surface area contributed by atoms with Gasteiger partial charge in [0, 0.05) is 21.8 Å². The average Bonchev–Trinajstić information content (AvgIpc) is 2.86. The number of benzene rings is 1. The molecule has 98 valence electrons. The van der Waals surface area contributed by atoms with Crippen molar-refractivity contribution in [2.75, 3.05) is 6.61 Å². The molecule has 2 aliphatic rings. The minimum atomic E-state index is 0.392. The Morgan fingerprint density at radius 3 is 2.78 bits per heavy atom. The van der Waals surface area contributed by atoms with Gasteiger partial charge in [0.25, 0.3) is 0 Å². The van der Waals surface area contributed by atoms with E-state index in [0.717, 1.165) is 29.7 Å². The van der Waals surface area contributed by atoms with Crippen molar-refractivity contribution < 1.29 is 4.74 Å². The lowest BCUT2D eigenvalue weighted by Crippen LogP contribution is -2.12. The molecule has 0 radical (unpaired) electrons. The first-order valence-corrected chi connectivity index (χ1v) is 8.14. The van der Waals surface area contributed by atoms with Crippen molar-refractivity contribution in [3.05, 3.63) is 28.3 Å². The van der Waals surface area contributed by atoms with Crippen LogP contribution in [-0.2, 0) is 6.42 Å². The summed E-state index contributed by atoms with van der Waals surface area (Å²) in [5, 5.41) is 0.842. The van der Waals surface area contributed by atoms with Gasteiger partial charge in [0.15, 0.2) is 0 Å². The first-order chi connectivity index (χ1) is 8.75. The molecule has 1 aromatic rings. The van der Waals surface area contributed by atoms with Crippen LogP contribution in [0.5, 0.6) is 5.75 Å². The lowest BCUT2D eigenvalue weighted by Gasteiger charge is -2.27. The Labute approximate surface area is 122 Å². The summed E-state index contributed by atoms with van der Waals surface area (Å²) in [6.07, 6.45) is 7.73. The van der Waals surface area contributed by atoms with E-state index in [-0.39, 0.29) is 0 Å². The Bertz CT molecular complexity index is 440. The minimum absolute atomic E-state index is 0.392. The lowest BCUT2D eigenvalue weighted by atomic mass is 9.84. The summed E-state index contributed by atoms with van der Waals surface area (Å²) in [6, 6.07) is 4.13. The Hall–Kier alpha value is -0.210. The number of hydrogen-bond acceptors (Lipinski definition) is 1. The second-order valence-corrected chi connectivity index (χ2v) is 6.80. The highest BCUT2D eigenvalue weighted by molar-refractivity contribution is 9.09. The molecule has 1 fully saturated rings. The van der Waals surface area contributed by atoms with E-state index < -0.39 is 0 Å². The van der Waals surface area contributed by atoms with Crippen molar-refractivity contribution in [1.29, 1.82) is 0 Å². The zero-order valence-electron chi connectivity index (χ0n) is 10.4. The van der Waals surface area contributed by atoms with Gasteiger partial charge in [0.2, 0.25) is 0 Å². The molecule has 0 bridgehead atoms. The van der Waals surface area contributed by atoms with Crippen LogP contribution in [0.2, 0.25) is 5.02 Å². The largest absolute Gasteiger partial charge is 0.493 e. The molecule has 0 aromatic heterocycles. The van der Waals surface area contributed by atoms with E-state index in [1.165, 1.54) is 43.2 Å². The van der Waals surface area contributed by atoms with Crippen molar-refractivity contribution in [3.8, 4) is 5.75 Å². The smallest absolute Gasteiger partial charge is 0.127 e. The van der Waals surface area contributed by atoms with Crippen LogP contribution in [0.1, 0.15) is 48.1 Å². The van der Waals surface area contributed by atoms with E-state index in [1.807, 2.05) is 6.07 Å². The van der Waals surface area contributed by atoms with Gasteiger partial charge in [-0.3, -0.25) is 0 Å². The molecule has 3 heteroatoms. The van der Waals surface area contributed by atoms with Crippen molar-refractivity contribution in [2.24, 2.45) is 5.92 Å². The SMILES string of the molecule is Clc1cc2c(c(C(Br)C3CCCCC3)c1)OCC2. The Kier molecular flexibility index (Phi) is 3.86. The van der Waals surface area contributed by atoms with Crippen LogP contribution in [0.25, 0.3) is 0 Å². The highest BCUT2D eigenvalue weighted by Gasteiger charge is 2.28. The number of hydrogen-bond donors (Lipinski definition) is 0. The molecule has 1 unspecified atom stereocenters. The quantitative estimate of drug-likeness (QED) is 0.670. The molecule has 3 rings (SSSR count). The molecule has 0 saturated heterocycles. The average molecular weight is 330 g/mol. The molecule has 0 amide bonds. The topological polar surface area (TPSA) is 9.23 Å². The summed E-state index contributed by atoms with van der Waals surface area (Å²) in [6.45, 7) is 0.799. The van der Waals surface area contributed by atoms with Gasteiger partial charge in [-0.1, -0.05) is 46.8 Å². The first-order valence-electron chi connectivity index (χ1n) is 6.85. The first kappa shape index (κ1) is 12.8. The fourth-order valence-electron chi connectivity index (χ4n) is 3.18.